The number of aromatic nitrogens is 2. The maximum Gasteiger partial charge on any atom is 0.407 e. The van der Waals surface area contributed by atoms with E-state index in [4.69, 9.17) is 9.47 Å². The molecule has 0 atom stereocenters. The molecule has 6 nitrogen and oxygen atoms in total. The number of hydrogen-bond donors (Lipinski definition) is 1. The second-order valence-corrected chi connectivity index (χ2v) is 4.75. The SMILES string of the molecule is COc1ccc(CCNC(=O)OC(C)(C)C)nn1. The topological polar surface area (TPSA) is 73.3 Å². The fraction of sp³-hybridized carbons (Fsp3) is 0.583. The van der Waals surface area contributed by atoms with E-state index in [1.807, 2.05) is 26.8 Å². The molecule has 0 aliphatic heterocycles. The first-order valence-corrected chi connectivity index (χ1v) is 5.74. The Morgan fingerprint density at radius 1 is 1.33 bits per heavy atom. The highest BCUT2D eigenvalue weighted by atomic mass is 16.6. The monoisotopic (exact) mass is 253 g/mol. The second-order valence-electron chi connectivity index (χ2n) is 4.75. The van der Waals surface area contributed by atoms with Crippen LogP contribution in [0.3, 0.4) is 0 Å². The third-order valence-electron chi connectivity index (χ3n) is 1.95. The van der Waals surface area contributed by atoms with Crippen molar-refractivity contribution in [3.63, 3.8) is 0 Å². The predicted molar refractivity (Wildman–Crippen MR) is 66.5 cm³/mol. The summed E-state index contributed by atoms with van der Waals surface area (Å²) in [6.45, 7) is 5.92. The van der Waals surface area contributed by atoms with Crippen LogP contribution in [0.25, 0.3) is 0 Å². The molecule has 0 aliphatic carbocycles. The number of carbonyl (C=O) groups is 1. The molecule has 1 heterocycles. The minimum atomic E-state index is -0.482. The number of nitrogens with one attached hydrogen (secondary N) is 1. The van der Waals surface area contributed by atoms with Gasteiger partial charge in [-0.25, -0.2) is 4.79 Å². The Balaban J connectivity index is 2.30. The first kappa shape index (κ1) is 14.2. The number of nitrogens with zero attached hydrogens (tertiary/aromatic N) is 2. The Labute approximate surface area is 107 Å². The number of carbonyl (C=O) groups excluding carboxylic acids is 1. The molecule has 0 aliphatic rings. The molecule has 100 valence electrons. The number of ether oxygens (including phenoxy) is 2. The van der Waals surface area contributed by atoms with Gasteiger partial charge in [0.1, 0.15) is 5.60 Å². The summed E-state index contributed by atoms with van der Waals surface area (Å²) in [5.41, 5.74) is 0.302. The third kappa shape index (κ3) is 5.47. The molecule has 0 fully saturated rings. The molecule has 1 amide bonds. The van der Waals surface area contributed by atoms with Crippen LogP contribution in [0.15, 0.2) is 12.1 Å². The number of rotatable bonds is 4. The smallest absolute Gasteiger partial charge is 0.407 e. The molecule has 1 N–H and O–H groups in total. The zero-order valence-electron chi connectivity index (χ0n) is 11.2. The summed E-state index contributed by atoms with van der Waals surface area (Å²) in [6.07, 6.45) is 0.167. The zero-order chi connectivity index (χ0) is 13.6. The highest BCUT2D eigenvalue weighted by molar-refractivity contribution is 5.67. The summed E-state index contributed by atoms with van der Waals surface area (Å²) in [6, 6.07) is 3.54. The van der Waals surface area contributed by atoms with Crippen LogP contribution in [0.4, 0.5) is 4.79 Å². The minimum absolute atomic E-state index is 0.427. The van der Waals surface area contributed by atoms with Crippen molar-refractivity contribution in [1.29, 1.82) is 0 Å². The van der Waals surface area contributed by atoms with E-state index in [1.54, 1.807) is 6.07 Å². The van der Waals surface area contributed by atoms with Gasteiger partial charge in [0, 0.05) is 19.0 Å². The number of methoxy groups -OCH3 is 1. The van der Waals surface area contributed by atoms with Gasteiger partial charge >= 0.3 is 6.09 Å². The third-order valence-corrected chi connectivity index (χ3v) is 1.95. The van der Waals surface area contributed by atoms with Crippen molar-refractivity contribution in [2.45, 2.75) is 32.8 Å². The summed E-state index contributed by atoms with van der Waals surface area (Å²) in [4.78, 5) is 11.4. The van der Waals surface area contributed by atoms with Gasteiger partial charge in [0.2, 0.25) is 5.88 Å². The van der Waals surface area contributed by atoms with Gasteiger partial charge in [-0.3, -0.25) is 0 Å². The summed E-state index contributed by atoms with van der Waals surface area (Å²) < 4.78 is 10.0. The van der Waals surface area contributed by atoms with E-state index in [1.165, 1.54) is 7.11 Å². The van der Waals surface area contributed by atoms with Crippen LogP contribution >= 0.6 is 0 Å². The van der Waals surface area contributed by atoms with Gasteiger partial charge in [-0.15, -0.1) is 5.10 Å². The summed E-state index contributed by atoms with van der Waals surface area (Å²) in [5.74, 6) is 0.471. The first-order valence-electron chi connectivity index (χ1n) is 5.74. The van der Waals surface area contributed by atoms with Gasteiger partial charge in [-0.1, -0.05) is 0 Å². The largest absolute Gasteiger partial charge is 0.480 e. The van der Waals surface area contributed by atoms with Gasteiger partial charge in [-0.2, -0.15) is 5.10 Å². The van der Waals surface area contributed by atoms with E-state index in [2.05, 4.69) is 15.5 Å². The molecular weight excluding hydrogens is 234 g/mol. The lowest BCUT2D eigenvalue weighted by Crippen LogP contribution is -2.33. The maximum atomic E-state index is 11.4. The lowest BCUT2D eigenvalue weighted by Gasteiger charge is -2.19. The summed E-state index contributed by atoms with van der Waals surface area (Å²) in [7, 11) is 1.54. The second kappa shape index (κ2) is 6.18. The molecule has 18 heavy (non-hydrogen) atoms. The van der Waals surface area contributed by atoms with Crippen molar-refractivity contribution < 1.29 is 14.3 Å². The lowest BCUT2D eigenvalue weighted by molar-refractivity contribution is 0.0528. The molecule has 1 rings (SSSR count). The Bertz CT molecular complexity index is 385. The average molecular weight is 253 g/mol. The molecule has 0 aromatic carbocycles. The van der Waals surface area contributed by atoms with Gasteiger partial charge in [-0.05, 0) is 26.8 Å². The van der Waals surface area contributed by atoms with Crippen LogP contribution in [0, 0.1) is 0 Å². The van der Waals surface area contributed by atoms with Gasteiger partial charge in [0.15, 0.2) is 0 Å². The zero-order valence-corrected chi connectivity index (χ0v) is 11.2. The van der Waals surface area contributed by atoms with E-state index in [0.29, 0.717) is 18.8 Å². The summed E-state index contributed by atoms with van der Waals surface area (Å²) in [5, 5.41) is 10.4. The number of hydrogen-bond acceptors (Lipinski definition) is 5. The van der Waals surface area contributed by atoms with Crippen molar-refractivity contribution in [3.8, 4) is 5.88 Å². The van der Waals surface area contributed by atoms with E-state index in [0.717, 1.165) is 5.69 Å². The standard InChI is InChI=1S/C12H19N3O3/c1-12(2,3)18-11(16)13-8-7-9-5-6-10(17-4)15-14-9/h5-6H,7-8H2,1-4H3,(H,13,16). The molecule has 0 bridgehead atoms. The predicted octanol–water partition coefficient (Wildman–Crippen LogP) is 1.55. The Morgan fingerprint density at radius 2 is 2.06 bits per heavy atom. The fourth-order valence-electron chi connectivity index (χ4n) is 1.20. The van der Waals surface area contributed by atoms with Crippen molar-refractivity contribution >= 4 is 6.09 Å². The van der Waals surface area contributed by atoms with E-state index < -0.39 is 11.7 Å². The van der Waals surface area contributed by atoms with Crippen LogP contribution in [-0.4, -0.2) is 35.5 Å². The lowest BCUT2D eigenvalue weighted by atomic mass is 10.2. The van der Waals surface area contributed by atoms with Crippen LogP contribution in [-0.2, 0) is 11.2 Å². The average Bonchev–Trinajstić information content (AvgIpc) is 2.27. The van der Waals surface area contributed by atoms with Gasteiger partial charge in [0.25, 0.3) is 0 Å². The van der Waals surface area contributed by atoms with Crippen molar-refractivity contribution in [3.05, 3.63) is 17.8 Å². The molecule has 1 aromatic heterocycles. The molecule has 0 radical (unpaired) electrons. The molecule has 1 aromatic rings. The highest BCUT2D eigenvalue weighted by Gasteiger charge is 2.15. The van der Waals surface area contributed by atoms with Crippen LogP contribution in [0.2, 0.25) is 0 Å². The van der Waals surface area contributed by atoms with E-state index >= 15 is 0 Å². The van der Waals surface area contributed by atoms with Crippen molar-refractivity contribution in [1.82, 2.24) is 15.5 Å². The summed E-state index contributed by atoms with van der Waals surface area (Å²) >= 11 is 0. The number of amides is 1. The minimum Gasteiger partial charge on any atom is -0.480 e. The molecule has 0 spiro atoms. The normalized spacial score (nSPS) is 10.9. The Morgan fingerprint density at radius 3 is 2.56 bits per heavy atom. The molecule has 0 unspecified atom stereocenters. The van der Waals surface area contributed by atoms with Crippen molar-refractivity contribution in [2.75, 3.05) is 13.7 Å². The van der Waals surface area contributed by atoms with Crippen LogP contribution in [0.1, 0.15) is 26.5 Å². The maximum absolute atomic E-state index is 11.4. The van der Waals surface area contributed by atoms with Gasteiger partial charge in [0.05, 0.1) is 12.8 Å². The van der Waals surface area contributed by atoms with Crippen molar-refractivity contribution in [2.24, 2.45) is 0 Å². The van der Waals surface area contributed by atoms with E-state index in [9.17, 15) is 4.79 Å². The molecule has 6 heteroatoms. The number of alkyl carbamates (subject to hydrolysis) is 1. The fourth-order valence-corrected chi connectivity index (χ4v) is 1.20. The molecule has 0 saturated carbocycles. The Hall–Kier alpha value is -1.85. The Kier molecular flexibility index (Phi) is 4.88. The first-order chi connectivity index (χ1) is 8.40. The highest BCUT2D eigenvalue weighted by Crippen LogP contribution is 2.06. The van der Waals surface area contributed by atoms with Crippen LogP contribution in [0.5, 0.6) is 5.88 Å². The van der Waals surface area contributed by atoms with Crippen LogP contribution < -0.4 is 10.1 Å². The quantitative estimate of drug-likeness (QED) is 0.881. The van der Waals surface area contributed by atoms with Gasteiger partial charge < -0.3 is 14.8 Å². The molecular formula is C12H19N3O3. The molecule has 0 saturated heterocycles. The van der Waals surface area contributed by atoms with E-state index in [-0.39, 0.29) is 0 Å².